The summed E-state index contributed by atoms with van der Waals surface area (Å²) < 4.78 is 44.6. The van der Waals surface area contributed by atoms with Crippen LogP contribution in [0.1, 0.15) is 32.8 Å². The Morgan fingerprint density at radius 1 is 1.13 bits per heavy atom. The van der Waals surface area contributed by atoms with Crippen LogP contribution >= 0.6 is 0 Å². The van der Waals surface area contributed by atoms with E-state index in [9.17, 15) is 22.8 Å². The number of rotatable bonds is 7. The first-order valence-electron chi connectivity index (χ1n) is 9.57. The maximum Gasteiger partial charge on any atom is 0.417 e. The Labute approximate surface area is 181 Å². The summed E-state index contributed by atoms with van der Waals surface area (Å²) >= 11 is 0. The van der Waals surface area contributed by atoms with Gasteiger partial charge in [0.05, 0.1) is 25.2 Å². The fourth-order valence-corrected chi connectivity index (χ4v) is 3.72. The van der Waals surface area contributed by atoms with Gasteiger partial charge in [-0.05, 0) is 39.8 Å². The number of likely N-dealkylation sites (tertiary alicyclic amines) is 1. The average Bonchev–Trinajstić information content (AvgIpc) is 3.00. The molecular formula is C20H27NO9S. The topological polar surface area (TPSA) is 126 Å². The van der Waals surface area contributed by atoms with Crippen LogP contribution in [0, 0.1) is 6.92 Å². The van der Waals surface area contributed by atoms with Crippen LogP contribution in [0.4, 0.5) is 4.79 Å². The van der Waals surface area contributed by atoms with Gasteiger partial charge in [-0.25, -0.2) is 14.5 Å². The Kier molecular flexibility index (Phi) is 7.79. The number of hydrogen-bond donors (Lipinski definition) is 0. The van der Waals surface area contributed by atoms with Crippen LogP contribution in [0.2, 0.25) is 0 Å². The first kappa shape index (κ1) is 24.8. The van der Waals surface area contributed by atoms with Crippen LogP contribution in [0.5, 0.6) is 0 Å². The largest absolute Gasteiger partial charge is 0.467 e. The number of methoxy groups -OCH3 is 1. The lowest BCUT2D eigenvalue weighted by Crippen LogP contribution is -2.46. The molecule has 2 amide bonds. The molecule has 11 heteroatoms. The van der Waals surface area contributed by atoms with Crippen molar-refractivity contribution in [3.63, 3.8) is 0 Å². The lowest BCUT2D eigenvalue weighted by Gasteiger charge is -2.26. The third-order valence-corrected chi connectivity index (χ3v) is 5.60. The molecule has 31 heavy (non-hydrogen) atoms. The number of amides is 2. The number of imide groups is 1. The van der Waals surface area contributed by atoms with E-state index in [1.165, 1.54) is 12.1 Å². The molecule has 0 bridgehead atoms. The van der Waals surface area contributed by atoms with Crippen molar-refractivity contribution in [2.45, 2.75) is 56.8 Å². The molecule has 1 aromatic carbocycles. The summed E-state index contributed by atoms with van der Waals surface area (Å²) in [4.78, 5) is 37.8. The Morgan fingerprint density at radius 3 is 2.29 bits per heavy atom. The van der Waals surface area contributed by atoms with Crippen molar-refractivity contribution in [1.82, 2.24) is 4.90 Å². The van der Waals surface area contributed by atoms with Gasteiger partial charge in [0.1, 0.15) is 17.7 Å². The van der Waals surface area contributed by atoms with Crippen molar-refractivity contribution < 1.29 is 41.2 Å². The normalized spacial score (nSPS) is 19.4. The first-order valence-corrected chi connectivity index (χ1v) is 11.0. The van der Waals surface area contributed by atoms with Crippen LogP contribution in [-0.2, 0) is 38.1 Å². The Bertz CT molecular complexity index is 919. The molecule has 0 saturated carbocycles. The molecular weight excluding hydrogens is 430 g/mol. The minimum Gasteiger partial charge on any atom is -0.467 e. The van der Waals surface area contributed by atoms with E-state index in [2.05, 4.69) is 4.74 Å². The summed E-state index contributed by atoms with van der Waals surface area (Å²) in [6, 6.07) is 4.93. The first-order chi connectivity index (χ1) is 14.4. The van der Waals surface area contributed by atoms with E-state index in [0.717, 1.165) is 12.7 Å². The smallest absolute Gasteiger partial charge is 0.417 e. The van der Waals surface area contributed by atoms with E-state index in [-0.39, 0.29) is 24.5 Å². The standard InChI is InChI=1S/C20H27NO9S/c1-13-6-8-14(9-7-13)31(25,26)29-11-10-28-16-12-15(18(23)27-5)21(17(16)22)19(24)30-20(2,3)4/h6-9,15-16H,10-12H2,1-5H3. The van der Waals surface area contributed by atoms with Crippen LogP contribution in [-0.4, -0.2) is 69.4 Å². The van der Waals surface area contributed by atoms with Crippen LogP contribution in [0.3, 0.4) is 0 Å². The van der Waals surface area contributed by atoms with Crippen molar-refractivity contribution in [2.24, 2.45) is 0 Å². The second-order valence-corrected chi connectivity index (χ2v) is 9.53. The van der Waals surface area contributed by atoms with E-state index >= 15 is 0 Å². The third kappa shape index (κ3) is 6.49. The Morgan fingerprint density at radius 2 is 1.74 bits per heavy atom. The second kappa shape index (κ2) is 9.75. The Balaban J connectivity index is 1.98. The number of esters is 1. The highest BCUT2D eigenvalue weighted by Crippen LogP contribution is 2.25. The van der Waals surface area contributed by atoms with Crippen LogP contribution in [0.15, 0.2) is 29.2 Å². The van der Waals surface area contributed by atoms with Crippen molar-refractivity contribution in [3.05, 3.63) is 29.8 Å². The molecule has 1 aromatic rings. The zero-order valence-corrected chi connectivity index (χ0v) is 18.9. The summed E-state index contributed by atoms with van der Waals surface area (Å²) in [6.45, 7) is 6.09. The van der Waals surface area contributed by atoms with Gasteiger partial charge in [-0.1, -0.05) is 17.7 Å². The van der Waals surface area contributed by atoms with Crippen molar-refractivity contribution >= 4 is 28.1 Å². The van der Waals surface area contributed by atoms with Crippen LogP contribution < -0.4 is 0 Å². The maximum atomic E-state index is 12.6. The molecule has 1 heterocycles. The predicted octanol–water partition coefficient (Wildman–Crippen LogP) is 1.79. The monoisotopic (exact) mass is 457 g/mol. The van der Waals surface area contributed by atoms with E-state index in [1.807, 2.05) is 6.92 Å². The summed E-state index contributed by atoms with van der Waals surface area (Å²) in [6.07, 6.45) is -2.28. The second-order valence-electron chi connectivity index (χ2n) is 7.91. The number of nitrogens with zero attached hydrogens (tertiary/aromatic N) is 1. The molecule has 0 radical (unpaired) electrons. The molecule has 0 spiro atoms. The van der Waals surface area contributed by atoms with E-state index in [1.54, 1.807) is 32.9 Å². The lowest BCUT2D eigenvalue weighted by molar-refractivity contribution is -0.149. The van der Waals surface area contributed by atoms with Crippen molar-refractivity contribution in [2.75, 3.05) is 20.3 Å². The van der Waals surface area contributed by atoms with Crippen molar-refractivity contribution in [3.8, 4) is 0 Å². The number of benzene rings is 1. The van der Waals surface area contributed by atoms with Gasteiger partial charge in [0.2, 0.25) is 0 Å². The van der Waals surface area contributed by atoms with Gasteiger partial charge in [0.25, 0.3) is 16.0 Å². The summed E-state index contributed by atoms with van der Waals surface area (Å²) in [5.74, 6) is -1.56. The molecule has 1 aliphatic heterocycles. The molecule has 0 N–H and O–H groups in total. The quantitative estimate of drug-likeness (QED) is 0.342. The number of ether oxygens (including phenoxy) is 3. The number of carbonyl (C=O) groups excluding carboxylic acids is 3. The van der Waals surface area contributed by atoms with Gasteiger partial charge in [-0.2, -0.15) is 8.42 Å². The fourth-order valence-electron chi connectivity index (χ4n) is 2.83. The summed E-state index contributed by atoms with van der Waals surface area (Å²) in [5, 5.41) is 0. The van der Waals surface area contributed by atoms with Gasteiger partial charge in [0.15, 0.2) is 0 Å². The molecule has 0 aliphatic carbocycles. The van der Waals surface area contributed by atoms with Gasteiger partial charge in [0, 0.05) is 6.42 Å². The zero-order valence-electron chi connectivity index (χ0n) is 18.1. The average molecular weight is 458 g/mol. The zero-order chi connectivity index (χ0) is 23.4. The minimum atomic E-state index is -3.98. The SMILES string of the molecule is COC(=O)C1CC(OCCOS(=O)(=O)c2ccc(C)cc2)C(=O)N1C(=O)OC(C)(C)C. The highest BCUT2D eigenvalue weighted by molar-refractivity contribution is 7.86. The van der Waals surface area contributed by atoms with E-state index in [0.29, 0.717) is 4.90 Å². The van der Waals surface area contributed by atoms with Crippen molar-refractivity contribution in [1.29, 1.82) is 0 Å². The maximum absolute atomic E-state index is 12.6. The predicted molar refractivity (Wildman–Crippen MR) is 108 cm³/mol. The van der Waals surface area contributed by atoms with Gasteiger partial charge >= 0.3 is 12.1 Å². The molecule has 1 aliphatic rings. The molecule has 1 saturated heterocycles. The molecule has 2 rings (SSSR count). The van der Waals surface area contributed by atoms with E-state index in [4.69, 9.17) is 13.7 Å². The van der Waals surface area contributed by atoms with E-state index < -0.39 is 45.8 Å². The molecule has 2 atom stereocenters. The highest BCUT2D eigenvalue weighted by Gasteiger charge is 2.49. The molecule has 2 unspecified atom stereocenters. The number of hydrogen-bond acceptors (Lipinski definition) is 9. The molecule has 0 aromatic heterocycles. The van der Waals surface area contributed by atoms with Gasteiger partial charge < -0.3 is 14.2 Å². The summed E-state index contributed by atoms with van der Waals surface area (Å²) in [5.41, 5.74) is 0.0199. The summed E-state index contributed by atoms with van der Waals surface area (Å²) in [7, 11) is -2.85. The fraction of sp³-hybridized carbons (Fsp3) is 0.550. The molecule has 172 valence electrons. The number of carbonyl (C=O) groups is 3. The molecule has 10 nitrogen and oxygen atoms in total. The molecule has 1 fully saturated rings. The lowest BCUT2D eigenvalue weighted by atomic mass is 10.2. The Hall–Kier alpha value is -2.50. The highest BCUT2D eigenvalue weighted by atomic mass is 32.2. The minimum absolute atomic E-state index is 0.00287. The van der Waals surface area contributed by atoms with Gasteiger partial charge in [-0.3, -0.25) is 8.98 Å². The third-order valence-electron chi connectivity index (χ3n) is 4.28. The van der Waals surface area contributed by atoms with Gasteiger partial charge in [-0.15, -0.1) is 0 Å². The van der Waals surface area contributed by atoms with Crippen LogP contribution in [0.25, 0.3) is 0 Å². The number of aryl methyl sites for hydroxylation is 1.